The van der Waals surface area contributed by atoms with E-state index in [9.17, 15) is 0 Å². The topological polar surface area (TPSA) is 0 Å². The molecular weight excluding hydrogens is 259 g/mol. The van der Waals surface area contributed by atoms with E-state index in [1.165, 1.54) is 37.7 Å². The molecule has 0 aromatic heterocycles. The van der Waals surface area contributed by atoms with Gasteiger partial charge in [0, 0.05) is 11.0 Å². The molecule has 0 unspecified atom stereocenters. The van der Waals surface area contributed by atoms with Crippen molar-refractivity contribution in [1.82, 2.24) is 0 Å². The third-order valence-corrected chi connectivity index (χ3v) is 5.20. The number of hydrogen-bond donors (Lipinski definition) is 0. The molecule has 0 amide bonds. The van der Waals surface area contributed by atoms with E-state index in [0.29, 0.717) is 10.0 Å². The lowest BCUT2D eigenvalue weighted by Gasteiger charge is -2.20. The summed E-state index contributed by atoms with van der Waals surface area (Å²) in [4.78, 5) is 0. The average molecular weight is 275 g/mol. The maximum atomic E-state index is 5.99. The lowest BCUT2D eigenvalue weighted by atomic mass is 10.0. The van der Waals surface area contributed by atoms with Crippen LogP contribution in [-0.2, 0) is 5.75 Å². The Labute approximate surface area is 112 Å². The predicted octanol–water partition coefficient (Wildman–Crippen LogP) is 5.56. The van der Waals surface area contributed by atoms with Crippen LogP contribution in [0, 0.1) is 0 Å². The van der Waals surface area contributed by atoms with Gasteiger partial charge >= 0.3 is 0 Å². The molecule has 1 aromatic rings. The minimum atomic E-state index is 0.646. The van der Waals surface area contributed by atoms with Gasteiger partial charge in [-0.25, -0.2) is 0 Å². The molecule has 2 rings (SSSR count). The van der Waals surface area contributed by atoms with Crippen LogP contribution >= 0.6 is 35.0 Å². The van der Waals surface area contributed by atoms with Crippen LogP contribution in [0.1, 0.15) is 37.7 Å². The van der Waals surface area contributed by atoms with E-state index in [0.717, 1.165) is 11.0 Å². The highest BCUT2D eigenvalue weighted by molar-refractivity contribution is 7.99. The maximum Gasteiger partial charge on any atom is 0.0595 e. The summed E-state index contributed by atoms with van der Waals surface area (Å²) in [6.07, 6.45) is 6.99. The second-order valence-electron chi connectivity index (χ2n) is 4.32. The second kappa shape index (κ2) is 6.18. The lowest BCUT2D eigenvalue weighted by molar-refractivity contribution is 0.516. The Kier molecular flexibility index (Phi) is 4.87. The monoisotopic (exact) mass is 274 g/mol. The Morgan fingerprint density at radius 2 is 1.81 bits per heavy atom. The summed E-state index contributed by atoms with van der Waals surface area (Å²) in [7, 11) is 0. The van der Waals surface area contributed by atoms with Crippen molar-refractivity contribution in [1.29, 1.82) is 0 Å². The van der Waals surface area contributed by atoms with Gasteiger partial charge in [-0.3, -0.25) is 0 Å². The first-order chi connectivity index (χ1) is 7.75. The van der Waals surface area contributed by atoms with Crippen molar-refractivity contribution >= 4 is 35.0 Å². The molecule has 1 fully saturated rings. The van der Waals surface area contributed by atoms with E-state index in [-0.39, 0.29) is 0 Å². The van der Waals surface area contributed by atoms with E-state index in [2.05, 4.69) is 17.8 Å². The number of rotatable bonds is 3. The molecule has 0 heterocycles. The fourth-order valence-corrected chi connectivity index (χ4v) is 3.67. The molecule has 0 aliphatic heterocycles. The van der Waals surface area contributed by atoms with Crippen LogP contribution in [0.2, 0.25) is 10.0 Å². The summed E-state index contributed by atoms with van der Waals surface area (Å²) in [5, 5.41) is 2.17. The van der Waals surface area contributed by atoms with Crippen molar-refractivity contribution in [2.45, 2.75) is 43.1 Å². The van der Waals surface area contributed by atoms with Crippen LogP contribution in [0.15, 0.2) is 18.2 Å². The van der Waals surface area contributed by atoms with Gasteiger partial charge in [-0.1, -0.05) is 48.5 Å². The molecule has 0 nitrogen and oxygen atoms in total. The molecule has 1 aliphatic carbocycles. The molecule has 0 radical (unpaired) electrons. The SMILES string of the molecule is Clc1ccc(CSC2CCCCC2)cc1Cl. The van der Waals surface area contributed by atoms with Gasteiger partial charge in [0.05, 0.1) is 10.0 Å². The van der Waals surface area contributed by atoms with Crippen LogP contribution in [0.5, 0.6) is 0 Å². The van der Waals surface area contributed by atoms with E-state index in [1.54, 1.807) is 0 Å². The standard InChI is InChI=1S/C13H16Cl2S/c14-12-7-6-10(8-13(12)15)9-16-11-4-2-1-3-5-11/h6-8,11H,1-5,9H2. The summed E-state index contributed by atoms with van der Waals surface area (Å²) in [5.41, 5.74) is 1.28. The van der Waals surface area contributed by atoms with E-state index < -0.39 is 0 Å². The zero-order chi connectivity index (χ0) is 11.4. The van der Waals surface area contributed by atoms with Crippen molar-refractivity contribution in [3.8, 4) is 0 Å². The number of benzene rings is 1. The Morgan fingerprint density at radius 1 is 1.06 bits per heavy atom. The van der Waals surface area contributed by atoms with Crippen LogP contribution in [0.25, 0.3) is 0 Å². The van der Waals surface area contributed by atoms with Crippen molar-refractivity contribution in [3.05, 3.63) is 33.8 Å². The molecule has 1 aliphatic rings. The largest absolute Gasteiger partial charge is 0.154 e. The van der Waals surface area contributed by atoms with Gasteiger partial charge in [-0.2, -0.15) is 11.8 Å². The Balaban J connectivity index is 1.86. The zero-order valence-corrected chi connectivity index (χ0v) is 11.5. The smallest absolute Gasteiger partial charge is 0.0595 e. The van der Waals surface area contributed by atoms with Gasteiger partial charge in [-0.15, -0.1) is 0 Å². The first kappa shape index (κ1) is 12.6. The minimum absolute atomic E-state index is 0.646. The molecule has 0 atom stereocenters. The van der Waals surface area contributed by atoms with E-state index in [1.807, 2.05) is 12.1 Å². The van der Waals surface area contributed by atoms with Gasteiger partial charge < -0.3 is 0 Å². The number of halogens is 2. The second-order valence-corrected chi connectivity index (χ2v) is 6.42. The highest BCUT2D eigenvalue weighted by Crippen LogP contribution is 2.31. The van der Waals surface area contributed by atoms with Crippen LogP contribution in [0.3, 0.4) is 0 Å². The third kappa shape index (κ3) is 3.58. The van der Waals surface area contributed by atoms with Crippen molar-refractivity contribution < 1.29 is 0 Å². The zero-order valence-electron chi connectivity index (χ0n) is 9.22. The summed E-state index contributed by atoms with van der Waals surface area (Å²) in [5.74, 6) is 1.06. The van der Waals surface area contributed by atoms with Crippen molar-refractivity contribution in [2.24, 2.45) is 0 Å². The summed E-state index contributed by atoms with van der Waals surface area (Å²) in [6, 6.07) is 5.95. The molecule has 1 saturated carbocycles. The van der Waals surface area contributed by atoms with Gasteiger partial charge in [0.2, 0.25) is 0 Å². The summed E-state index contributed by atoms with van der Waals surface area (Å²) < 4.78 is 0. The first-order valence-corrected chi connectivity index (χ1v) is 7.62. The molecule has 3 heteroatoms. The number of thioether (sulfide) groups is 1. The lowest BCUT2D eigenvalue weighted by Crippen LogP contribution is -2.08. The van der Waals surface area contributed by atoms with Gasteiger partial charge in [0.25, 0.3) is 0 Å². The van der Waals surface area contributed by atoms with Gasteiger partial charge in [0.15, 0.2) is 0 Å². The fraction of sp³-hybridized carbons (Fsp3) is 0.538. The maximum absolute atomic E-state index is 5.99. The highest BCUT2D eigenvalue weighted by atomic mass is 35.5. The first-order valence-electron chi connectivity index (χ1n) is 5.81. The summed E-state index contributed by atoms with van der Waals surface area (Å²) >= 11 is 13.9. The summed E-state index contributed by atoms with van der Waals surface area (Å²) in [6.45, 7) is 0. The molecule has 88 valence electrons. The van der Waals surface area contributed by atoms with E-state index in [4.69, 9.17) is 23.2 Å². The van der Waals surface area contributed by atoms with Gasteiger partial charge in [0.1, 0.15) is 0 Å². The Hall–Kier alpha value is 0.150. The van der Waals surface area contributed by atoms with Gasteiger partial charge in [-0.05, 0) is 30.5 Å². The normalized spacial score (nSPS) is 17.6. The molecule has 16 heavy (non-hydrogen) atoms. The van der Waals surface area contributed by atoms with E-state index >= 15 is 0 Å². The highest BCUT2D eigenvalue weighted by Gasteiger charge is 2.13. The molecule has 0 saturated heterocycles. The average Bonchev–Trinajstić information content (AvgIpc) is 2.32. The Morgan fingerprint density at radius 3 is 2.50 bits per heavy atom. The van der Waals surface area contributed by atoms with Crippen LogP contribution < -0.4 is 0 Å². The Bertz CT molecular complexity index is 346. The van der Waals surface area contributed by atoms with Crippen LogP contribution in [0.4, 0.5) is 0 Å². The quantitative estimate of drug-likeness (QED) is 0.696. The molecule has 0 spiro atoms. The molecule has 0 N–H and O–H groups in total. The third-order valence-electron chi connectivity index (χ3n) is 3.02. The minimum Gasteiger partial charge on any atom is -0.154 e. The van der Waals surface area contributed by atoms with Crippen molar-refractivity contribution in [3.63, 3.8) is 0 Å². The number of hydrogen-bond acceptors (Lipinski definition) is 1. The van der Waals surface area contributed by atoms with Crippen molar-refractivity contribution in [2.75, 3.05) is 0 Å². The molecular formula is C13H16Cl2S. The molecule has 1 aromatic carbocycles. The fourth-order valence-electron chi connectivity index (χ4n) is 2.08. The predicted molar refractivity (Wildman–Crippen MR) is 74.6 cm³/mol. The van der Waals surface area contributed by atoms with Crippen LogP contribution in [-0.4, -0.2) is 5.25 Å². The molecule has 0 bridgehead atoms.